The second-order valence-corrected chi connectivity index (χ2v) is 11.8. The predicted molar refractivity (Wildman–Crippen MR) is 208 cm³/mol. The lowest BCUT2D eigenvalue weighted by atomic mass is 9.85. The largest absolute Gasteiger partial charge is 0.456 e. The number of furan rings is 1. The Morgan fingerprint density at radius 2 is 0.796 bits per heavy atom. The van der Waals surface area contributed by atoms with Crippen LogP contribution in [0.5, 0.6) is 0 Å². The third kappa shape index (κ3) is 4.55. The number of rotatable bonds is 4. The Morgan fingerprint density at radius 1 is 0.327 bits per heavy atom. The molecule has 0 aliphatic heterocycles. The van der Waals surface area contributed by atoms with E-state index in [1.807, 2.05) is 66.7 Å². The van der Waals surface area contributed by atoms with E-state index in [0.717, 1.165) is 21.9 Å². The van der Waals surface area contributed by atoms with Crippen molar-refractivity contribution in [1.29, 1.82) is 0 Å². The minimum Gasteiger partial charge on any atom is -0.456 e. The van der Waals surface area contributed by atoms with Gasteiger partial charge in [0.1, 0.15) is 11.2 Å². The van der Waals surface area contributed by atoms with Crippen molar-refractivity contribution in [2.45, 2.75) is 0 Å². The topological polar surface area (TPSA) is 13.1 Å². The van der Waals surface area contributed by atoms with Crippen molar-refractivity contribution >= 4 is 54.3 Å². The zero-order valence-corrected chi connectivity index (χ0v) is 25.7. The third-order valence-corrected chi connectivity index (χ3v) is 8.97. The molecule has 1 nitrogen and oxygen atoms in total. The van der Waals surface area contributed by atoms with Crippen LogP contribution in [0.2, 0.25) is 0 Å². The Morgan fingerprint density at radius 3 is 1.41 bits per heavy atom. The van der Waals surface area contributed by atoms with Crippen molar-refractivity contribution in [3.05, 3.63) is 182 Å². The molecule has 228 valence electrons. The summed E-state index contributed by atoms with van der Waals surface area (Å²) < 4.78 is 122. The molecular formula is C48H30O. The molecule has 0 spiro atoms. The Kier molecular flexibility index (Phi) is 3.99. The summed E-state index contributed by atoms with van der Waals surface area (Å²) in [5.41, 5.74) is 3.26. The lowest BCUT2D eigenvalue weighted by molar-refractivity contribution is 0.669. The fourth-order valence-corrected chi connectivity index (χ4v) is 6.70. The van der Waals surface area contributed by atoms with E-state index in [0.29, 0.717) is 27.5 Å². The van der Waals surface area contributed by atoms with Crippen LogP contribution in [0.4, 0.5) is 0 Å². The van der Waals surface area contributed by atoms with Gasteiger partial charge in [-0.15, -0.1) is 0 Å². The molecule has 10 aromatic rings. The highest BCUT2D eigenvalue weighted by Gasteiger charge is 2.18. The van der Waals surface area contributed by atoms with Crippen molar-refractivity contribution in [3.63, 3.8) is 0 Å². The van der Waals surface area contributed by atoms with Gasteiger partial charge in [-0.05, 0) is 101 Å². The van der Waals surface area contributed by atoms with Crippen LogP contribution in [0.25, 0.3) is 98.8 Å². The normalized spacial score (nSPS) is 15.4. The molecule has 0 aliphatic rings. The quantitative estimate of drug-likeness (QED) is 0.175. The van der Waals surface area contributed by atoms with Crippen molar-refractivity contribution in [2.75, 3.05) is 0 Å². The summed E-state index contributed by atoms with van der Waals surface area (Å²) in [6.45, 7) is 0. The molecule has 0 atom stereocenters. The van der Waals surface area contributed by atoms with Gasteiger partial charge in [0.15, 0.2) is 0 Å². The fourth-order valence-electron chi connectivity index (χ4n) is 6.70. The maximum absolute atomic E-state index is 9.74. The first-order valence-corrected chi connectivity index (χ1v) is 15.8. The van der Waals surface area contributed by atoms with E-state index >= 15 is 0 Å². The minimum absolute atomic E-state index is 0.0114. The summed E-state index contributed by atoms with van der Waals surface area (Å²) in [5, 5.41) is 2.34. The monoisotopic (exact) mass is 635 g/mol. The van der Waals surface area contributed by atoms with Crippen LogP contribution in [-0.4, -0.2) is 0 Å². The lowest BCUT2D eigenvalue weighted by Crippen LogP contribution is -1.91. The average Bonchev–Trinajstić information content (AvgIpc) is 3.70. The number of hydrogen-bond acceptors (Lipinski definition) is 1. The van der Waals surface area contributed by atoms with Crippen LogP contribution >= 0.6 is 0 Å². The third-order valence-electron chi connectivity index (χ3n) is 8.97. The van der Waals surface area contributed by atoms with Crippen molar-refractivity contribution in [3.8, 4) is 44.5 Å². The number of benzene rings is 9. The first-order valence-electron chi connectivity index (χ1n) is 22.3. The van der Waals surface area contributed by atoms with Gasteiger partial charge in [-0.1, -0.05) is 158 Å². The van der Waals surface area contributed by atoms with E-state index in [1.165, 1.54) is 0 Å². The average molecular weight is 636 g/mol. The highest BCUT2D eigenvalue weighted by atomic mass is 16.3. The molecule has 0 amide bonds. The Balaban J connectivity index is 1.21. The van der Waals surface area contributed by atoms with E-state index < -0.39 is 30.2 Å². The molecule has 1 heterocycles. The second-order valence-electron chi connectivity index (χ2n) is 11.8. The fraction of sp³-hybridized carbons (Fsp3) is 0. The van der Waals surface area contributed by atoms with Gasteiger partial charge in [0.2, 0.25) is 0 Å². The number of hydrogen-bond donors (Lipinski definition) is 0. The molecule has 0 fully saturated rings. The molecule has 10 rings (SSSR count). The summed E-state index contributed by atoms with van der Waals surface area (Å²) in [7, 11) is 0. The van der Waals surface area contributed by atoms with Crippen LogP contribution < -0.4 is 0 Å². The molecule has 49 heavy (non-hydrogen) atoms. The Labute approximate surface area is 302 Å². The SMILES string of the molecule is [2H]c1c([2H])c(-c2ccc(-c3c4ccccc4c(-c4c([2H])c([2H])c5oc6c([2H])c7c([2H])c([2H])c([2H])c([2H])c7c([2H])c6c5c4[2H])c4ccccc34)cc2)c([2H])c([2H])c1-c1ccccc1. The summed E-state index contributed by atoms with van der Waals surface area (Å²) in [6.07, 6.45) is 0. The summed E-state index contributed by atoms with van der Waals surface area (Å²) in [4.78, 5) is 0. The van der Waals surface area contributed by atoms with E-state index in [4.69, 9.17) is 16.8 Å². The molecule has 0 unspecified atom stereocenters. The standard InChI is InChI=1S/C48H30O/c1-2-10-31(11-3-1)32-18-20-33(21-19-32)34-22-24-35(25-23-34)47-39-14-6-8-16-41(39)48(42-17-9-7-15-40(42)47)38-26-27-45-43(29-38)44-28-36-12-4-5-13-37(36)30-46(44)49-45/h1-30H/i4D,5D,12D,13D,18D,19D,20D,21D,26D,27D,28D,29D,30D. The van der Waals surface area contributed by atoms with Crippen molar-refractivity contribution in [1.82, 2.24) is 0 Å². The van der Waals surface area contributed by atoms with Gasteiger partial charge in [-0.3, -0.25) is 0 Å². The van der Waals surface area contributed by atoms with E-state index in [9.17, 15) is 5.48 Å². The summed E-state index contributed by atoms with van der Waals surface area (Å²) >= 11 is 0. The van der Waals surface area contributed by atoms with E-state index in [2.05, 4.69) is 0 Å². The van der Waals surface area contributed by atoms with Crippen LogP contribution in [-0.2, 0) is 0 Å². The Hall–Kier alpha value is -6.44. The molecule has 0 saturated carbocycles. The molecule has 1 heteroatoms. The highest BCUT2D eigenvalue weighted by Crippen LogP contribution is 2.45. The molecule has 0 saturated heterocycles. The van der Waals surface area contributed by atoms with Crippen molar-refractivity contribution < 1.29 is 22.2 Å². The smallest absolute Gasteiger partial charge is 0.136 e. The van der Waals surface area contributed by atoms with Crippen LogP contribution in [0, 0.1) is 0 Å². The molecule has 9 aromatic carbocycles. The van der Waals surface area contributed by atoms with E-state index in [1.54, 1.807) is 36.4 Å². The van der Waals surface area contributed by atoms with Gasteiger partial charge in [-0.2, -0.15) is 0 Å². The van der Waals surface area contributed by atoms with Gasteiger partial charge in [-0.25, -0.2) is 0 Å². The second kappa shape index (κ2) is 11.1. The molecule has 1 aromatic heterocycles. The molecule has 0 radical (unpaired) electrons. The maximum atomic E-state index is 9.74. The van der Waals surface area contributed by atoms with Gasteiger partial charge < -0.3 is 4.42 Å². The predicted octanol–water partition coefficient (Wildman–Crippen LogP) is 13.7. The summed E-state index contributed by atoms with van der Waals surface area (Å²) in [6, 6.07) is 26.8. The molecular weight excluding hydrogens is 593 g/mol. The molecule has 0 bridgehead atoms. The zero-order chi connectivity index (χ0) is 43.6. The van der Waals surface area contributed by atoms with Crippen molar-refractivity contribution in [2.24, 2.45) is 0 Å². The van der Waals surface area contributed by atoms with Gasteiger partial charge >= 0.3 is 0 Å². The first kappa shape index (κ1) is 17.6. The molecule has 0 N–H and O–H groups in total. The first-order chi connectivity index (χ1) is 29.7. The van der Waals surface area contributed by atoms with Crippen LogP contribution in [0.3, 0.4) is 0 Å². The van der Waals surface area contributed by atoms with Crippen LogP contribution in [0.1, 0.15) is 17.8 Å². The number of fused-ring (bicyclic) bond motifs is 6. The van der Waals surface area contributed by atoms with Gasteiger partial charge in [0.05, 0.1) is 17.8 Å². The summed E-state index contributed by atoms with van der Waals surface area (Å²) in [5.74, 6) is 0. The minimum atomic E-state index is -0.569. The van der Waals surface area contributed by atoms with E-state index in [-0.39, 0.29) is 97.7 Å². The zero-order valence-electron chi connectivity index (χ0n) is 38.7. The van der Waals surface area contributed by atoms with Gasteiger partial charge in [0, 0.05) is 10.8 Å². The maximum Gasteiger partial charge on any atom is 0.136 e. The van der Waals surface area contributed by atoms with Gasteiger partial charge in [0.25, 0.3) is 0 Å². The molecule has 0 aliphatic carbocycles. The lowest BCUT2D eigenvalue weighted by Gasteiger charge is -2.18. The van der Waals surface area contributed by atoms with Crippen LogP contribution in [0.15, 0.2) is 186 Å². The Bertz CT molecular complexity index is 3510. The highest BCUT2D eigenvalue weighted by molar-refractivity contribution is 6.22.